The smallest absolute Gasteiger partial charge is 0.318 e. The van der Waals surface area contributed by atoms with Crippen LogP contribution < -0.4 is 0 Å². The third-order valence-corrected chi connectivity index (χ3v) is 9.62. The maximum atomic E-state index is 13.4. The Morgan fingerprint density at radius 3 is 1.13 bits per heavy atom. The molecular weight excluding hydrogens is 556 g/mol. The van der Waals surface area contributed by atoms with Crippen LogP contribution in [0.15, 0.2) is 36.4 Å². The quantitative estimate of drug-likeness (QED) is 0.121. The number of rotatable bonds is 21. The van der Waals surface area contributed by atoms with Crippen LogP contribution in [0, 0.1) is 0 Å². The average Bonchev–Trinajstić information content (AvgIpc) is 2.96. The summed E-state index contributed by atoms with van der Waals surface area (Å²) in [7, 11) is 0. The monoisotopic (exact) mass is 622 g/mol. The van der Waals surface area contributed by atoms with Crippen molar-refractivity contribution in [1.82, 2.24) is 0 Å². The molecule has 0 bridgehead atoms. The molecule has 0 heterocycles. The molecule has 3 N–H and O–H groups in total. The van der Waals surface area contributed by atoms with Crippen molar-refractivity contribution in [2.75, 3.05) is 0 Å². The summed E-state index contributed by atoms with van der Waals surface area (Å²) in [6.45, 7) is 14.5. The molecule has 0 atom stereocenters. The lowest BCUT2D eigenvalue weighted by Crippen LogP contribution is -2.38. The molecule has 45 heavy (non-hydrogen) atoms. The van der Waals surface area contributed by atoms with Crippen LogP contribution in [0.2, 0.25) is 0 Å². The number of carbonyl (C=O) groups is 1. The Labute approximate surface area is 276 Å². The van der Waals surface area contributed by atoms with Crippen LogP contribution in [0.4, 0.5) is 0 Å². The Morgan fingerprint density at radius 1 is 0.533 bits per heavy atom. The average molecular weight is 623 g/mol. The predicted molar refractivity (Wildman–Crippen MR) is 191 cm³/mol. The van der Waals surface area contributed by atoms with Gasteiger partial charge in [0.1, 0.15) is 16.9 Å². The molecule has 0 amide bonds. The van der Waals surface area contributed by atoms with E-state index in [9.17, 15) is 20.1 Å². The minimum Gasteiger partial charge on any atom is -0.508 e. The molecule has 4 nitrogen and oxygen atoms in total. The molecule has 0 radical (unpaired) electrons. The first-order valence-electron chi connectivity index (χ1n) is 18.2. The van der Waals surface area contributed by atoms with Crippen LogP contribution in [0.3, 0.4) is 0 Å². The standard InChI is InChI=1S/C41H66O4/c1-8-9-10-11-12-13-14-15-16-17-18-19-20-21-22-23-24-29-41(38(44)45,32-25-27-36(42)34(30-32)39(2,3)4)33-26-28-37(43)35(31-33)40(5,6)7/h25-28,30-31,42-43H,8-24,29H2,1-7H3,(H,44,45). The van der Waals surface area contributed by atoms with Crippen molar-refractivity contribution >= 4 is 5.97 Å². The van der Waals surface area contributed by atoms with Crippen molar-refractivity contribution in [3.05, 3.63) is 58.7 Å². The lowest BCUT2D eigenvalue weighted by atomic mass is 9.68. The normalized spacial score (nSPS) is 12.5. The molecule has 0 aromatic heterocycles. The molecule has 2 aromatic rings. The Balaban J connectivity index is 2.01. The van der Waals surface area contributed by atoms with Gasteiger partial charge in [0, 0.05) is 0 Å². The number of hydrogen-bond donors (Lipinski definition) is 3. The second-order valence-corrected chi connectivity index (χ2v) is 15.6. The minimum atomic E-state index is -1.28. The number of hydrogen-bond acceptors (Lipinski definition) is 3. The van der Waals surface area contributed by atoms with E-state index in [4.69, 9.17) is 0 Å². The van der Waals surface area contributed by atoms with Crippen LogP contribution in [0.5, 0.6) is 11.5 Å². The lowest BCUT2D eigenvalue weighted by molar-refractivity contribution is -0.142. The van der Waals surface area contributed by atoms with Crippen molar-refractivity contribution in [3.63, 3.8) is 0 Å². The van der Waals surface area contributed by atoms with E-state index in [1.54, 1.807) is 24.3 Å². The van der Waals surface area contributed by atoms with Gasteiger partial charge in [0.25, 0.3) is 0 Å². The number of carboxylic acids is 1. The summed E-state index contributed by atoms with van der Waals surface area (Å²) in [5.41, 5.74) is 0.870. The number of aromatic hydroxyl groups is 2. The molecule has 2 aromatic carbocycles. The Morgan fingerprint density at radius 2 is 0.844 bits per heavy atom. The third kappa shape index (κ3) is 12.0. The van der Waals surface area contributed by atoms with Crippen LogP contribution in [-0.2, 0) is 21.0 Å². The highest BCUT2D eigenvalue weighted by molar-refractivity contribution is 5.86. The molecule has 2 rings (SSSR count). The van der Waals surface area contributed by atoms with E-state index >= 15 is 0 Å². The second-order valence-electron chi connectivity index (χ2n) is 15.6. The van der Waals surface area contributed by atoms with Crippen molar-refractivity contribution in [3.8, 4) is 11.5 Å². The fraction of sp³-hybridized carbons (Fsp3) is 0.683. The van der Waals surface area contributed by atoms with Gasteiger partial charge in [0.05, 0.1) is 0 Å². The number of unbranched alkanes of at least 4 members (excludes halogenated alkanes) is 16. The van der Waals surface area contributed by atoms with Gasteiger partial charge < -0.3 is 15.3 Å². The van der Waals surface area contributed by atoms with Gasteiger partial charge in [-0.15, -0.1) is 0 Å². The zero-order valence-corrected chi connectivity index (χ0v) is 29.9. The molecule has 0 saturated carbocycles. The summed E-state index contributed by atoms with van der Waals surface area (Å²) in [4.78, 5) is 13.4. The van der Waals surface area contributed by atoms with Gasteiger partial charge in [-0.25, -0.2) is 0 Å². The molecule has 0 spiro atoms. The number of phenolic OH excluding ortho intramolecular Hbond substituents is 2. The van der Waals surface area contributed by atoms with E-state index in [0.29, 0.717) is 17.5 Å². The summed E-state index contributed by atoms with van der Waals surface area (Å²) >= 11 is 0. The largest absolute Gasteiger partial charge is 0.508 e. The molecule has 0 saturated heterocycles. The van der Waals surface area contributed by atoms with E-state index in [1.807, 2.05) is 53.7 Å². The number of phenols is 2. The zero-order chi connectivity index (χ0) is 33.5. The third-order valence-electron chi connectivity index (χ3n) is 9.62. The fourth-order valence-corrected chi connectivity index (χ4v) is 6.73. The highest BCUT2D eigenvalue weighted by Crippen LogP contribution is 2.44. The maximum Gasteiger partial charge on any atom is 0.318 e. The van der Waals surface area contributed by atoms with Gasteiger partial charge in [-0.2, -0.15) is 0 Å². The summed E-state index contributed by atoms with van der Waals surface area (Å²) in [6, 6.07) is 10.6. The van der Waals surface area contributed by atoms with Crippen molar-refractivity contribution in [1.29, 1.82) is 0 Å². The van der Waals surface area contributed by atoms with Crippen molar-refractivity contribution in [2.45, 2.75) is 180 Å². The van der Waals surface area contributed by atoms with E-state index in [2.05, 4.69) is 6.92 Å². The first kappa shape index (κ1) is 38.7. The van der Waals surface area contributed by atoms with Gasteiger partial charge in [0.15, 0.2) is 0 Å². The maximum absolute atomic E-state index is 13.4. The van der Waals surface area contributed by atoms with Crippen LogP contribution >= 0.6 is 0 Å². The number of benzene rings is 2. The SMILES string of the molecule is CCCCCCCCCCCCCCCCCCCC(C(=O)O)(c1ccc(O)c(C(C)(C)C)c1)c1ccc(O)c(C(C)(C)C)c1. The van der Waals surface area contributed by atoms with E-state index in [0.717, 1.165) is 30.4 Å². The van der Waals surface area contributed by atoms with Gasteiger partial charge in [0.2, 0.25) is 0 Å². The Kier molecular flexibility index (Phi) is 16.0. The van der Waals surface area contributed by atoms with Crippen LogP contribution in [-0.4, -0.2) is 21.3 Å². The lowest BCUT2D eigenvalue weighted by Gasteiger charge is -2.34. The van der Waals surface area contributed by atoms with Gasteiger partial charge in [-0.05, 0) is 51.6 Å². The van der Waals surface area contributed by atoms with E-state index < -0.39 is 11.4 Å². The van der Waals surface area contributed by atoms with E-state index in [-0.39, 0.29) is 22.3 Å². The van der Waals surface area contributed by atoms with Gasteiger partial charge >= 0.3 is 5.97 Å². The first-order valence-corrected chi connectivity index (χ1v) is 18.2. The van der Waals surface area contributed by atoms with Crippen LogP contribution in [0.25, 0.3) is 0 Å². The highest BCUT2D eigenvalue weighted by atomic mass is 16.4. The van der Waals surface area contributed by atoms with Crippen molar-refractivity contribution in [2.24, 2.45) is 0 Å². The van der Waals surface area contributed by atoms with Crippen LogP contribution in [0.1, 0.15) is 186 Å². The van der Waals surface area contributed by atoms with E-state index in [1.165, 1.54) is 89.9 Å². The molecule has 254 valence electrons. The van der Waals surface area contributed by atoms with Gasteiger partial charge in [-0.3, -0.25) is 4.79 Å². The van der Waals surface area contributed by atoms with Crippen molar-refractivity contribution < 1.29 is 20.1 Å². The molecule has 0 aliphatic heterocycles. The summed E-state index contributed by atoms with van der Waals surface area (Å²) in [5, 5.41) is 32.3. The molecule has 4 heteroatoms. The molecule has 0 aliphatic rings. The second kappa shape index (κ2) is 18.6. The highest BCUT2D eigenvalue weighted by Gasteiger charge is 2.43. The molecule has 0 fully saturated rings. The summed E-state index contributed by atoms with van der Waals surface area (Å²) in [5.74, 6) is -0.524. The molecule has 0 aliphatic carbocycles. The van der Waals surface area contributed by atoms with Gasteiger partial charge in [-0.1, -0.05) is 182 Å². The molecule has 0 unspecified atom stereocenters. The Hall–Kier alpha value is -2.49. The summed E-state index contributed by atoms with van der Waals surface area (Å²) < 4.78 is 0. The number of carboxylic acid groups (broad SMARTS) is 1. The predicted octanol–water partition coefficient (Wildman–Crippen LogP) is 12.1. The zero-order valence-electron chi connectivity index (χ0n) is 29.9. The topological polar surface area (TPSA) is 77.8 Å². The number of aliphatic carboxylic acids is 1. The first-order chi connectivity index (χ1) is 21.2. The minimum absolute atomic E-state index is 0.185. The fourth-order valence-electron chi connectivity index (χ4n) is 6.73. The summed E-state index contributed by atoms with van der Waals surface area (Å²) in [6.07, 6.45) is 22.3. The molecular formula is C41H66O4. The Bertz CT molecular complexity index is 1090.